The average molecular weight is 492 g/mol. The van der Waals surface area contributed by atoms with E-state index in [2.05, 4.69) is 48.4 Å². The summed E-state index contributed by atoms with van der Waals surface area (Å²) in [5, 5.41) is 10.8. The van der Waals surface area contributed by atoms with E-state index in [1.807, 2.05) is 55.0 Å². The molecule has 3 aromatic rings. The third-order valence-corrected chi connectivity index (χ3v) is 6.10. The van der Waals surface area contributed by atoms with E-state index in [-0.39, 0.29) is 29.9 Å². The lowest BCUT2D eigenvalue weighted by molar-refractivity contribution is -0.144. The van der Waals surface area contributed by atoms with Crippen LogP contribution in [0.2, 0.25) is 0 Å². The number of carbonyl (C=O) groups excluding carboxylic acids is 2. The van der Waals surface area contributed by atoms with Crippen molar-refractivity contribution in [1.29, 1.82) is 0 Å². The van der Waals surface area contributed by atoms with Crippen LogP contribution in [0.5, 0.6) is 0 Å². The number of esters is 1. The number of pyridine rings is 1. The molecule has 0 aliphatic heterocycles. The second-order valence-corrected chi connectivity index (χ2v) is 10.1. The highest BCUT2D eigenvalue weighted by Crippen LogP contribution is 2.25. The summed E-state index contributed by atoms with van der Waals surface area (Å²) in [6, 6.07) is 11.6. The molecular formula is C28H37N5O3. The van der Waals surface area contributed by atoms with Crippen molar-refractivity contribution in [2.24, 2.45) is 5.92 Å². The van der Waals surface area contributed by atoms with Crippen LogP contribution < -0.4 is 10.6 Å². The molecule has 0 saturated heterocycles. The average Bonchev–Trinajstić information content (AvgIpc) is 3.38. The zero-order valence-corrected chi connectivity index (χ0v) is 22.0. The van der Waals surface area contributed by atoms with Crippen molar-refractivity contribution in [3.63, 3.8) is 0 Å². The SMILES string of the molecule is CCCC(Nc1ccc(-n2cc(C(C)(C)C)cn2)nc1)c1ccc(C(=O)NCC(C)C(=O)OC)cc1. The second kappa shape index (κ2) is 11.8. The van der Waals surface area contributed by atoms with Gasteiger partial charge in [-0.15, -0.1) is 0 Å². The van der Waals surface area contributed by atoms with Crippen molar-refractivity contribution in [2.45, 2.75) is 58.9 Å². The molecule has 0 bridgehead atoms. The Morgan fingerprint density at radius 3 is 2.36 bits per heavy atom. The van der Waals surface area contributed by atoms with E-state index in [0.717, 1.165) is 35.5 Å². The van der Waals surface area contributed by atoms with Crippen LogP contribution in [0.15, 0.2) is 55.0 Å². The molecule has 0 spiro atoms. The number of nitrogens with one attached hydrogen (secondary N) is 2. The minimum Gasteiger partial charge on any atom is -0.469 e. The lowest BCUT2D eigenvalue weighted by atomic mass is 9.90. The van der Waals surface area contributed by atoms with Gasteiger partial charge in [0.2, 0.25) is 0 Å². The van der Waals surface area contributed by atoms with Crippen molar-refractivity contribution in [1.82, 2.24) is 20.1 Å². The van der Waals surface area contributed by atoms with Gasteiger partial charge in [-0.3, -0.25) is 9.59 Å². The van der Waals surface area contributed by atoms with E-state index in [4.69, 9.17) is 4.74 Å². The number of ether oxygens (including phenoxy) is 1. The molecule has 0 radical (unpaired) electrons. The van der Waals surface area contributed by atoms with Gasteiger partial charge in [0.25, 0.3) is 5.91 Å². The van der Waals surface area contributed by atoms with Gasteiger partial charge in [0.15, 0.2) is 5.82 Å². The molecule has 1 aromatic carbocycles. The number of amides is 1. The predicted molar refractivity (Wildman–Crippen MR) is 141 cm³/mol. The number of methoxy groups -OCH3 is 1. The molecule has 192 valence electrons. The number of aromatic nitrogens is 3. The summed E-state index contributed by atoms with van der Waals surface area (Å²) in [4.78, 5) is 28.6. The Morgan fingerprint density at radius 1 is 1.08 bits per heavy atom. The van der Waals surface area contributed by atoms with Gasteiger partial charge in [0, 0.05) is 18.3 Å². The van der Waals surface area contributed by atoms with E-state index in [0.29, 0.717) is 5.56 Å². The fraction of sp³-hybridized carbons (Fsp3) is 0.429. The smallest absolute Gasteiger partial charge is 0.310 e. The van der Waals surface area contributed by atoms with E-state index < -0.39 is 5.92 Å². The van der Waals surface area contributed by atoms with Gasteiger partial charge in [0.05, 0.1) is 37.2 Å². The first kappa shape index (κ1) is 26.9. The van der Waals surface area contributed by atoms with Crippen LogP contribution in [0.1, 0.15) is 75.0 Å². The van der Waals surface area contributed by atoms with Crippen LogP contribution in [0.4, 0.5) is 5.69 Å². The maximum absolute atomic E-state index is 12.5. The minimum atomic E-state index is -0.398. The molecule has 8 nitrogen and oxygen atoms in total. The lowest BCUT2D eigenvalue weighted by Gasteiger charge is -2.20. The minimum absolute atomic E-state index is 0.0326. The van der Waals surface area contributed by atoms with E-state index in [1.165, 1.54) is 7.11 Å². The van der Waals surface area contributed by atoms with Gasteiger partial charge in [0.1, 0.15) is 0 Å². The maximum Gasteiger partial charge on any atom is 0.310 e. The van der Waals surface area contributed by atoms with E-state index in [1.54, 1.807) is 11.6 Å². The zero-order chi connectivity index (χ0) is 26.3. The van der Waals surface area contributed by atoms with Crippen LogP contribution in [-0.2, 0) is 14.9 Å². The van der Waals surface area contributed by atoms with Gasteiger partial charge < -0.3 is 15.4 Å². The number of nitrogens with zero attached hydrogens (tertiary/aromatic N) is 3. The Morgan fingerprint density at radius 2 is 1.81 bits per heavy atom. The Hall–Kier alpha value is -3.68. The summed E-state index contributed by atoms with van der Waals surface area (Å²) >= 11 is 0. The molecular weight excluding hydrogens is 454 g/mol. The Bertz CT molecular complexity index is 1150. The quantitative estimate of drug-likeness (QED) is 0.385. The molecule has 0 aliphatic carbocycles. The first-order valence-electron chi connectivity index (χ1n) is 12.4. The van der Waals surface area contributed by atoms with Crippen LogP contribution in [0, 0.1) is 5.92 Å². The summed E-state index contributed by atoms with van der Waals surface area (Å²) < 4.78 is 6.50. The van der Waals surface area contributed by atoms with Crippen LogP contribution in [0.3, 0.4) is 0 Å². The largest absolute Gasteiger partial charge is 0.469 e. The molecule has 2 heterocycles. The standard InChI is InChI=1S/C28H37N5O3/c1-7-8-24(20-9-11-21(12-10-20)26(34)30-15-19(2)27(35)36-6)32-23-13-14-25(29-17-23)33-18-22(16-31-33)28(3,4)5/h9-14,16-19,24,32H,7-8,15H2,1-6H3,(H,30,34). The van der Waals surface area contributed by atoms with E-state index >= 15 is 0 Å². The third-order valence-electron chi connectivity index (χ3n) is 6.10. The monoisotopic (exact) mass is 491 g/mol. The molecule has 36 heavy (non-hydrogen) atoms. The summed E-state index contributed by atoms with van der Waals surface area (Å²) in [7, 11) is 1.34. The molecule has 0 saturated carbocycles. The molecule has 2 unspecified atom stereocenters. The summed E-state index contributed by atoms with van der Waals surface area (Å²) in [5.74, 6) is -0.198. The maximum atomic E-state index is 12.5. The highest BCUT2D eigenvalue weighted by Gasteiger charge is 2.18. The molecule has 0 aliphatic rings. The number of rotatable bonds is 10. The molecule has 8 heteroatoms. The van der Waals surface area contributed by atoms with Crippen molar-refractivity contribution in [3.8, 4) is 5.82 Å². The van der Waals surface area contributed by atoms with Gasteiger partial charge in [-0.1, -0.05) is 53.2 Å². The van der Waals surface area contributed by atoms with E-state index in [9.17, 15) is 9.59 Å². The number of anilines is 1. The molecule has 2 N–H and O–H groups in total. The number of benzene rings is 1. The highest BCUT2D eigenvalue weighted by atomic mass is 16.5. The highest BCUT2D eigenvalue weighted by molar-refractivity contribution is 5.94. The van der Waals surface area contributed by atoms with Gasteiger partial charge >= 0.3 is 5.97 Å². The second-order valence-electron chi connectivity index (χ2n) is 10.1. The van der Waals surface area contributed by atoms with Gasteiger partial charge in [-0.25, -0.2) is 9.67 Å². The summed E-state index contributed by atoms with van der Waals surface area (Å²) in [6.07, 6.45) is 7.65. The summed E-state index contributed by atoms with van der Waals surface area (Å²) in [5.41, 5.74) is 3.74. The number of hydrogen-bond donors (Lipinski definition) is 2. The van der Waals surface area contributed by atoms with Crippen LogP contribution in [-0.4, -0.2) is 40.3 Å². The first-order valence-corrected chi connectivity index (χ1v) is 12.4. The number of carbonyl (C=O) groups is 2. The van der Waals surface area contributed by atoms with Gasteiger partial charge in [-0.2, -0.15) is 5.10 Å². The Labute approximate surface area is 213 Å². The Kier molecular flexibility index (Phi) is 8.85. The molecule has 3 rings (SSSR count). The van der Waals surface area contributed by atoms with Crippen molar-refractivity contribution < 1.29 is 14.3 Å². The molecule has 2 atom stereocenters. The first-order chi connectivity index (χ1) is 17.1. The Balaban J connectivity index is 1.65. The fourth-order valence-corrected chi connectivity index (χ4v) is 3.75. The van der Waals surface area contributed by atoms with Crippen molar-refractivity contribution >= 4 is 17.6 Å². The van der Waals surface area contributed by atoms with Crippen molar-refractivity contribution in [3.05, 3.63) is 71.7 Å². The predicted octanol–water partition coefficient (Wildman–Crippen LogP) is 5.06. The van der Waals surface area contributed by atoms with Crippen LogP contribution in [0.25, 0.3) is 5.82 Å². The summed E-state index contributed by atoms with van der Waals surface area (Å²) in [6.45, 7) is 10.6. The van der Waals surface area contributed by atoms with Gasteiger partial charge in [-0.05, 0) is 47.2 Å². The number of hydrogen-bond acceptors (Lipinski definition) is 6. The molecule has 0 fully saturated rings. The lowest BCUT2D eigenvalue weighted by Crippen LogP contribution is -2.32. The topological polar surface area (TPSA) is 98.1 Å². The van der Waals surface area contributed by atoms with Crippen molar-refractivity contribution in [2.75, 3.05) is 19.0 Å². The molecule has 2 aromatic heterocycles. The van der Waals surface area contributed by atoms with Crippen LogP contribution >= 0.6 is 0 Å². The fourth-order valence-electron chi connectivity index (χ4n) is 3.75. The third kappa shape index (κ3) is 6.93. The normalized spacial score (nSPS) is 13.1. The molecule has 1 amide bonds. The zero-order valence-electron chi connectivity index (χ0n) is 22.0.